The van der Waals surface area contributed by atoms with Crippen LogP contribution in [0.1, 0.15) is 6.92 Å². The molecule has 2 aromatic carbocycles. The molecule has 2 aliphatic rings. The van der Waals surface area contributed by atoms with Gasteiger partial charge in [0.1, 0.15) is 6.04 Å². The minimum Gasteiger partial charge on any atom is -0.324 e. The summed E-state index contributed by atoms with van der Waals surface area (Å²) in [5, 5.41) is 3.00. The maximum Gasteiger partial charge on any atom is 0.327 e. The van der Waals surface area contributed by atoms with Gasteiger partial charge >= 0.3 is 6.03 Å². The van der Waals surface area contributed by atoms with Crippen molar-refractivity contribution < 1.29 is 14.4 Å². The molecule has 0 spiro atoms. The zero-order chi connectivity index (χ0) is 21.1. The number of nitrogens with zero attached hydrogens (tertiary/aromatic N) is 3. The third kappa shape index (κ3) is 4.20. The van der Waals surface area contributed by atoms with Gasteiger partial charge in [-0.25, -0.2) is 4.79 Å². The molecule has 2 aromatic rings. The number of likely N-dealkylation sites (N-methyl/N-ethyl adjacent to an activating group) is 1. The molecule has 2 saturated heterocycles. The van der Waals surface area contributed by atoms with Crippen LogP contribution in [0, 0.1) is 0 Å². The molecule has 1 unspecified atom stereocenters. The van der Waals surface area contributed by atoms with Crippen LogP contribution in [0.5, 0.6) is 0 Å². The van der Waals surface area contributed by atoms with Crippen LogP contribution in [0.4, 0.5) is 10.5 Å². The molecule has 1 N–H and O–H groups in total. The first-order valence-corrected chi connectivity index (χ1v) is 10.8. The molecule has 4 amide bonds. The van der Waals surface area contributed by atoms with Crippen molar-refractivity contribution in [2.75, 3.05) is 38.0 Å². The number of nitrogens with one attached hydrogen (secondary N) is 1. The molecule has 30 heavy (non-hydrogen) atoms. The zero-order valence-electron chi connectivity index (χ0n) is 16.8. The fraction of sp³-hybridized carbons (Fsp3) is 0.318. The molecule has 0 bridgehead atoms. The fourth-order valence-electron chi connectivity index (χ4n) is 3.81. The van der Waals surface area contributed by atoms with E-state index in [0.29, 0.717) is 26.2 Å². The summed E-state index contributed by atoms with van der Waals surface area (Å²) in [5.41, 5.74) is 0.763. The number of hydrogen-bond donors (Lipinski definition) is 1. The van der Waals surface area contributed by atoms with Crippen molar-refractivity contribution >= 4 is 35.3 Å². The van der Waals surface area contributed by atoms with Crippen molar-refractivity contribution in [3.8, 4) is 0 Å². The number of anilines is 1. The Kier molecular flexibility index (Phi) is 6.06. The number of para-hydroxylation sites is 1. The number of carbonyl (C=O) groups is 3. The van der Waals surface area contributed by atoms with E-state index in [9.17, 15) is 14.4 Å². The second-order valence-electron chi connectivity index (χ2n) is 7.27. The largest absolute Gasteiger partial charge is 0.327 e. The van der Waals surface area contributed by atoms with Gasteiger partial charge in [-0.2, -0.15) is 0 Å². The van der Waals surface area contributed by atoms with Crippen molar-refractivity contribution in [2.45, 2.75) is 22.8 Å². The average molecular weight is 425 g/mol. The molecule has 0 aromatic heterocycles. The quantitative estimate of drug-likeness (QED) is 0.722. The highest BCUT2D eigenvalue weighted by Crippen LogP contribution is 2.33. The number of hydrogen-bond acceptors (Lipinski definition) is 5. The number of carbonyl (C=O) groups excluding carboxylic acids is 3. The summed E-state index contributed by atoms with van der Waals surface area (Å²) in [7, 11) is 0. The van der Waals surface area contributed by atoms with Gasteiger partial charge in [0.25, 0.3) is 5.91 Å². The molecule has 7 nitrogen and oxygen atoms in total. The third-order valence-corrected chi connectivity index (χ3v) is 6.39. The van der Waals surface area contributed by atoms with Crippen LogP contribution in [0.3, 0.4) is 0 Å². The fourth-order valence-corrected chi connectivity index (χ4v) is 4.73. The Labute approximate surface area is 180 Å². The molecule has 0 aliphatic carbocycles. The first kappa shape index (κ1) is 20.4. The van der Waals surface area contributed by atoms with E-state index in [4.69, 9.17) is 0 Å². The van der Waals surface area contributed by atoms with E-state index in [1.807, 2.05) is 59.5 Å². The minimum absolute atomic E-state index is 0.131. The summed E-state index contributed by atoms with van der Waals surface area (Å²) in [6.07, 6.45) is 0. The number of imide groups is 1. The second-order valence-corrected chi connectivity index (χ2v) is 8.38. The summed E-state index contributed by atoms with van der Waals surface area (Å²) in [6, 6.07) is 17.0. The van der Waals surface area contributed by atoms with Crippen LogP contribution >= 0.6 is 11.8 Å². The highest BCUT2D eigenvalue weighted by atomic mass is 32.2. The van der Waals surface area contributed by atoms with Crippen LogP contribution in [0.15, 0.2) is 64.4 Å². The first-order chi connectivity index (χ1) is 14.6. The maximum atomic E-state index is 12.7. The number of amides is 4. The van der Waals surface area contributed by atoms with Gasteiger partial charge in [-0.1, -0.05) is 42.1 Å². The lowest BCUT2D eigenvalue weighted by Crippen LogP contribution is -2.54. The molecule has 8 heteroatoms. The molecular formula is C22H24N4O3S. The van der Waals surface area contributed by atoms with E-state index in [0.717, 1.165) is 15.5 Å². The van der Waals surface area contributed by atoms with E-state index in [2.05, 4.69) is 5.32 Å². The Morgan fingerprint density at radius 3 is 2.57 bits per heavy atom. The van der Waals surface area contributed by atoms with Crippen molar-refractivity contribution in [1.82, 2.24) is 14.7 Å². The molecule has 4 rings (SSSR count). The lowest BCUT2D eigenvalue weighted by Gasteiger charge is -2.34. The van der Waals surface area contributed by atoms with Crippen LogP contribution in [-0.4, -0.2) is 71.3 Å². The third-order valence-electron chi connectivity index (χ3n) is 5.31. The Balaban J connectivity index is 1.38. The summed E-state index contributed by atoms with van der Waals surface area (Å²) < 4.78 is 0. The van der Waals surface area contributed by atoms with Crippen LogP contribution in [0.2, 0.25) is 0 Å². The molecule has 2 fully saturated rings. The number of fused-ring (bicyclic) bond motifs is 1. The molecule has 2 heterocycles. The molecule has 0 saturated carbocycles. The van der Waals surface area contributed by atoms with Gasteiger partial charge in [0.2, 0.25) is 5.91 Å². The van der Waals surface area contributed by atoms with Gasteiger partial charge in [-0.15, -0.1) is 0 Å². The Bertz CT molecular complexity index is 952. The topological polar surface area (TPSA) is 73.0 Å². The monoisotopic (exact) mass is 424 g/mol. The van der Waals surface area contributed by atoms with E-state index in [-0.39, 0.29) is 24.4 Å². The Hall–Kier alpha value is -2.84. The lowest BCUT2D eigenvalue weighted by molar-refractivity contribution is -0.130. The van der Waals surface area contributed by atoms with Crippen LogP contribution < -0.4 is 5.32 Å². The lowest BCUT2D eigenvalue weighted by atomic mass is 10.2. The number of urea groups is 1. The zero-order valence-corrected chi connectivity index (χ0v) is 17.6. The van der Waals surface area contributed by atoms with Gasteiger partial charge < -0.3 is 10.2 Å². The summed E-state index contributed by atoms with van der Waals surface area (Å²) in [4.78, 5) is 44.3. The molecule has 2 aliphatic heterocycles. The maximum absolute atomic E-state index is 12.7. The average Bonchev–Trinajstić information content (AvgIpc) is 2.99. The first-order valence-electron chi connectivity index (χ1n) is 10.0. The van der Waals surface area contributed by atoms with Gasteiger partial charge in [-0.3, -0.25) is 19.4 Å². The molecular weight excluding hydrogens is 400 g/mol. The minimum atomic E-state index is -0.486. The van der Waals surface area contributed by atoms with Gasteiger partial charge in [0.15, 0.2) is 0 Å². The highest BCUT2D eigenvalue weighted by molar-refractivity contribution is 7.99. The van der Waals surface area contributed by atoms with Crippen LogP contribution in [0.25, 0.3) is 0 Å². The molecule has 156 valence electrons. The predicted octanol–water partition coefficient (Wildman–Crippen LogP) is 2.74. The van der Waals surface area contributed by atoms with Crippen LogP contribution in [-0.2, 0) is 9.59 Å². The highest BCUT2D eigenvalue weighted by Gasteiger charge is 2.46. The van der Waals surface area contributed by atoms with E-state index >= 15 is 0 Å². The van der Waals surface area contributed by atoms with E-state index in [1.54, 1.807) is 23.6 Å². The summed E-state index contributed by atoms with van der Waals surface area (Å²) in [5.74, 6) is -0.300. The second kappa shape index (κ2) is 8.89. The molecule has 1 atom stereocenters. The Morgan fingerprint density at radius 2 is 1.80 bits per heavy atom. The van der Waals surface area contributed by atoms with Gasteiger partial charge in [0, 0.05) is 36.0 Å². The van der Waals surface area contributed by atoms with Crippen molar-refractivity contribution in [2.24, 2.45) is 0 Å². The standard InChI is InChI=1S/C22H24N4O3S/c1-2-25-21(28)18-14-24(12-13-26(18)22(25)29)15-20(27)23-17-10-6-7-11-19(17)30-16-8-4-3-5-9-16/h3-11,18H,2,12-15H2,1H3,(H,23,27). The van der Waals surface area contributed by atoms with E-state index < -0.39 is 6.04 Å². The predicted molar refractivity (Wildman–Crippen MR) is 115 cm³/mol. The van der Waals surface area contributed by atoms with Gasteiger partial charge in [0.05, 0.1) is 12.2 Å². The normalized spacial score (nSPS) is 19.2. The van der Waals surface area contributed by atoms with Crippen molar-refractivity contribution in [3.05, 3.63) is 54.6 Å². The number of piperazine rings is 1. The van der Waals surface area contributed by atoms with Gasteiger partial charge in [-0.05, 0) is 31.2 Å². The number of benzene rings is 2. The molecule has 0 radical (unpaired) electrons. The van der Waals surface area contributed by atoms with Crippen molar-refractivity contribution in [3.63, 3.8) is 0 Å². The van der Waals surface area contributed by atoms with Crippen molar-refractivity contribution in [1.29, 1.82) is 0 Å². The smallest absolute Gasteiger partial charge is 0.324 e. The SMILES string of the molecule is CCN1C(=O)C2CN(CC(=O)Nc3ccccc3Sc3ccccc3)CCN2C1=O. The Morgan fingerprint density at radius 1 is 1.07 bits per heavy atom. The summed E-state index contributed by atoms with van der Waals surface area (Å²) >= 11 is 1.60. The van der Waals surface area contributed by atoms with E-state index in [1.165, 1.54) is 4.90 Å². The number of rotatable bonds is 6. The summed E-state index contributed by atoms with van der Waals surface area (Å²) in [6.45, 7) is 3.77.